The molecule has 0 bridgehead atoms. The highest BCUT2D eigenvalue weighted by Crippen LogP contribution is 2.29. The van der Waals surface area contributed by atoms with Gasteiger partial charge in [-0.1, -0.05) is 5.16 Å². The van der Waals surface area contributed by atoms with Gasteiger partial charge in [0, 0.05) is 18.5 Å². The Morgan fingerprint density at radius 2 is 2.23 bits per heavy atom. The number of aromatic nitrogens is 2. The zero-order chi connectivity index (χ0) is 21.3. The first-order valence-corrected chi connectivity index (χ1v) is 11.8. The third kappa shape index (κ3) is 4.05. The molecule has 1 unspecified atom stereocenters. The summed E-state index contributed by atoms with van der Waals surface area (Å²) in [4.78, 5) is 17.1. The standard InChI is InChI=1S/C19H21N3O6S2/c1-12-17(13(2)28-21-12)30(24,25)22-7-3-5-14(9-22)19(23)27-10-15-11-29-18(20-15)16-6-4-8-26-16/h4,6,8,11,14H,3,5,7,9-10H2,1-2H3. The van der Waals surface area contributed by atoms with Crippen molar-refractivity contribution in [3.63, 3.8) is 0 Å². The summed E-state index contributed by atoms with van der Waals surface area (Å²) in [5.41, 5.74) is 0.934. The lowest BCUT2D eigenvalue weighted by Gasteiger charge is -2.30. The summed E-state index contributed by atoms with van der Waals surface area (Å²) >= 11 is 1.40. The molecule has 0 aliphatic carbocycles. The minimum absolute atomic E-state index is 0.0309. The van der Waals surface area contributed by atoms with Crippen LogP contribution in [0.3, 0.4) is 0 Å². The summed E-state index contributed by atoms with van der Waals surface area (Å²) in [6, 6.07) is 3.59. The first-order chi connectivity index (χ1) is 14.4. The number of carbonyl (C=O) groups is 1. The number of ether oxygens (including phenoxy) is 1. The number of sulfonamides is 1. The molecule has 160 valence electrons. The van der Waals surface area contributed by atoms with E-state index in [-0.39, 0.29) is 23.8 Å². The number of esters is 1. The summed E-state index contributed by atoms with van der Waals surface area (Å²) in [7, 11) is -3.79. The SMILES string of the molecule is Cc1noc(C)c1S(=O)(=O)N1CCCC(C(=O)OCc2csc(-c3ccco3)n2)C1. The van der Waals surface area contributed by atoms with Gasteiger partial charge in [0.05, 0.1) is 17.9 Å². The Hall–Kier alpha value is -2.50. The molecule has 1 aliphatic rings. The molecule has 0 spiro atoms. The van der Waals surface area contributed by atoms with E-state index in [1.165, 1.54) is 15.6 Å². The zero-order valence-electron chi connectivity index (χ0n) is 16.5. The van der Waals surface area contributed by atoms with Crippen LogP contribution in [-0.4, -0.2) is 41.9 Å². The fourth-order valence-electron chi connectivity index (χ4n) is 3.47. The van der Waals surface area contributed by atoms with E-state index in [0.29, 0.717) is 41.5 Å². The van der Waals surface area contributed by atoms with Crippen LogP contribution in [0.1, 0.15) is 30.0 Å². The van der Waals surface area contributed by atoms with Crippen LogP contribution < -0.4 is 0 Å². The molecule has 30 heavy (non-hydrogen) atoms. The van der Waals surface area contributed by atoms with Gasteiger partial charge in [-0.2, -0.15) is 4.31 Å². The Kier molecular flexibility index (Phi) is 5.76. The predicted molar refractivity (Wildman–Crippen MR) is 107 cm³/mol. The number of hydrogen-bond acceptors (Lipinski definition) is 9. The van der Waals surface area contributed by atoms with E-state index >= 15 is 0 Å². The average molecular weight is 452 g/mol. The van der Waals surface area contributed by atoms with Crippen molar-refractivity contribution in [3.05, 3.63) is 40.9 Å². The van der Waals surface area contributed by atoms with E-state index in [1.54, 1.807) is 31.6 Å². The molecule has 11 heteroatoms. The molecule has 0 radical (unpaired) electrons. The highest BCUT2D eigenvalue weighted by Gasteiger charge is 2.37. The topological polar surface area (TPSA) is 116 Å². The van der Waals surface area contributed by atoms with Crippen molar-refractivity contribution in [2.75, 3.05) is 13.1 Å². The van der Waals surface area contributed by atoms with E-state index in [9.17, 15) is 13.2 Å². The quantitative estimate of drug-likeness (QED) is 0.525. The van der Waals surface area contributed by atoms with Gasteiger partial charge in [-0.05, 0) is 38.8 Å². The Morgan fingerprint density at radius 1 is 1.40 bits per heavy atom. The van der Waals surface area contributed by atoms with Gasteiger partial charge in [0.2, 0.25) is 10.0 Å². The van der Waals surface area contributed by atoms with Crippen LogP contribution in [0.25, 0.3) is 10.8 Å². The highest BCUT2D eigenvalue weighted by atomic mass is 32.2. The number of nitrogens with zero attached hydrogens (tertiary/aromatic N) is 3. The molecule has 4 rings (SSSR count). The molecule has 0 aromatic carbocycles. The minimum Gasteiger partial charge on any atom is -0.462 e. The summed E-state index contributed by atoms with van der Waals surface area (Å²) in [5.74, 6) is -0.0588. The Morgan fingerprint density at radius 3 is 2.93 bits per heavy atom. The molecule has 1 fully saturated rings. The first-order valence-electron chi connectivity index (χ1n) is 9.44. The van der Waals surface area contributed by atoms with Gasteiger partial charge in [-0.25, -0.2) is 13.4 Å². The first kappa shape index (κ1) is 20.8. The smallest absolute Gasteiger partial charge is 0.310 e. The van der Waals surface area contributed by atoms with E-state index in [2.05, 4.69) is 10.1 Å². The number of aryl methyl sites for hydroxylation is 2. The lowest BCUT2D eigenvalue weighted by atomic mass is 10.00. The largest absolute Gasteiger partial charge is 0.462 e. The van der Waals surface area contributed by atoms with Crippen LogP contribution in [0, 0.1) is 19.8 Å². The van der Waals surface area contributed by atoms with Crippen LogP contribution in [0.15, 0.2) is 37.6 Å². The summed E-state index contributed by atoms with van der Waals surface area (Å²) < 4.78 is 43.1. The highest BCUT2D eigenvalue weighted by molar-refractivity contribution is 7.89. The van der Waals surface area contributed by atoms with Crippen molar-refractivity contribution in [1.82, 2.24) is 14.4 Å². The van der Waals surface area contributed by atoms with Crippen molar-refractivity contribution in [1.29, 1.82) is 0 Å². The Balaban J connectivity index is 1.39. The van der Waals surface area contributed by atoms with E-state index in [0.717, 1.165) is 0 Å². The Labute approximate surface area is 177 Å². The third-order valence-corrected chi connectivity index (χ3v) is 7.95. The van der Waals surface area contributed by atoms with Crippen LogP contribution in [0.2, 0.25) is 0 Å². The van der Waals surface area contributed by atoms with Crippen LogP contribution in [0.4, 0.5) is 0 Å². The maximum absolute atomic E-state index is 13.0. The molecule has 3 aromatic rings. The minimum atomic E-state index is -3.79. The molecule has 3 aromatic heterocycles. The molecule has 0 amide bonds. The fourth-order valence-corrected chi connectivity index (χ4v) is 6.06. The second-order valence-electron chi connectivity index (χ2n) is 7.08. The molecule has 0 saturated carbocycles. The van der Waals surface area contributed by atoms with Crippen molar-refractivity contribution in [2.24, 2.45) is 5.92 Å². The molecule has 9 nitrogen and oxygen atoms in total. The normalized spacial score (nSPS) is 17.9. The van der Waals surface area contributed by atoms with Crippen molar-refractivity contribution in [2.45, 2.75) is 38.2 Å². The fraction of sp³-hybridized carbons (Fsp3) is 0.421. The summed E-state index contributed by atoms with van der Waals surface area (Å²) in [6.45, 7) is 3.59. The molecular weight excluding hydrogens is 430 g/mol. The number of thiazole rings is 1. The summed E-state index contributed by atoms with van der Waals surface area (Å²) in [6.07, 6.45) is 2.71. The Bertz CT molecular complexity index is 1110. The number of carbonyl (C=O) groups excluding carboxylic acids is 1. The van der Waals surface area contributed by atoms with Gasteiger partial charge in [0.15, 0.2) is 16.5 Å². The van der Waals surface area contributed by atoms with Gasteiger partial charge in [0.25, 0.3) is 0 Å². The summed E-state index contributed by atoms with van der Waals surface area (Å²) in [5, 5.41) is 6.24. The van der Waals surface area contributed by atoms with Crippen molar-refractivity contribution >= 4 is 27.3 Å². The van der Waals surface area contributed by atoms with Crippen LogP contribution >= 0.6 is 11.3 Å². The number of furan rings is 1. The van der Waals surface area contributed by atoms with Gasteiger partial charge in [-0.15, -0.1) is 11.3 Å². The van der Waals surface area contributed by atoms with Gasteiger partial charge in [0.1, 0.15) is 17.2 Å². The van der Waals surface area contributed by atoms with E-state index < -0.39 is 21.9 Å². The molecule has 1 saturated heterocycles. The van der Waals surface area contributed by atoms with Gasteiger partial charge >= 0.3 is 5.97 Å². The predicted octanol–water partition coefficient (Wildman–Crippen LogP) is 3.15. The lowest BCUT2D eigenvalue weighted by Crippen LogP contribution is -2.43. The average Bonchev–Trinajstić information content (AvgIpc) is 3.47. The third-order valence-electron chi connectivity index (χ3n) is 4.93. The van der Waals surface area contributed by atoms with Crippen LogP contribution in [-0.2, 0) is 26.2 Å². The molecular formula is C19H21N3O6S2. The lowest BCUT2D eigenvalue weighted by molar-refractivity contribution is -0.151. The zero-order valence-corrected chi connectivity index (χ0v) is 18.2. The van der Waals surface area contributed by atoms with Gasteiger partial charge in [-0.3, -0.25) is 4.79 Å². The molecule has 0 N–H and O–H groups in total. The molecule has 1 aliphatic heterocycles. The number of rotatable bonds is 6. The van der Waals surface area contributed by atoms with Crippen molar-refractivity contribution in [3.8, 4) is 10.8 Å². The van der Waals surface area contributed by atoms with Crippen LogP contribution in [0.5, 0.6) is 0 Å². The van der Waals surface area contributed by atoms with E-state index in [1.807, 2.05) is 6.07 Å². The number of hydrogen-bond donors (Lipinski definition) is 0. The van der Waals surface area contributed by atoms with E-state index in [4.69, 9.17) is 13.7 Å². The van der Waals surface area contributed by atoms with Gasteiger partial charge < -0.3 is 13.7 Å². The molecule has 4 heterocycles. The molecule has 1 atom stereocenters. The second kappa shape index (κ2) is 8.32. The number of piperidine rings is 1. The maximum atomic E-state index is 13.0. The van der Waals surface area contributed by atoms with Crippen molar-refractivity contribution < 1.29 is 26.9 Å². The monoisotopic (exact) mass is 451 g/mol. The second-order valence-corrected chi connectivity index (χ2v) is 9.82. The maximum Gasteiger partial charge on any atom is 0.310 e.